The Morgan fingerprint density at radius 2 is 1.89 bits per heavy atom. The largest absolute Gasteiger partial charge is 0.444 e. The monoisotopic (exact) mass is 619 g/mol. The van der Waals surface area contributed by atoms with E-state index in [1.165, 1.54) is 12.8 Å². The number of hydrogen-bond acceptors (Lipinski definition) is 10. The minimum atomic E-state index is -0.794. The number of ether oxygens (including phenoxy) is 2. The van der Waals surface area contributed by atoms with Crippen LogP contribution in [0.4, 0.5) is 24.5 Å². The zero-order valence-electron chi connectivity index (χ0n) is 24.9. The van der Waals surface area contributed by atoms with Crippen molar-refractivity contribution in [1.82, 2.24) is 19.9 Å². The number of nitrogens with one attached hydrogen (secondary N) is 1. The van der Waals surface area contributed by atoms with Gasteiger partial charge >= 0.3 is 6.09 Å². The quantitative estimate of drug-likeness (QED) is 0.289. The van der Waals surface area contributed by atoms with Crippen LogP contribution in [0.25, 0.3) is 32.2 Å². The van der Waals surface area contributed by atoms with Gasteiger partial charge in [-0.2, -0.15) is 5.26 Å². The highest BCUT2D eigenvalue weighted by atomic mass is 32.1. The molecular formula is C31H31F2N7O3S. The van der Waals surface area contributed by atoms with E-state index in [0.29, 0.717) is 16.9 Å². The van der Waals surface area contributed by atoms with Crippen molar-refractivity contribution in [2.45, 2.75) is 64.9 Å². The summed E-state index contributed by atoms with van der Waals surface area (Å²) in [5, 5.41) is 13.5. The molecule has 0 radical (unpaired) electrons. The SMILES string of the molecule is CC(C)(C)OC(=O)Nc1sc2c(F)cnc(-c3c4c(c5cnc(N6CC(C)(N7CCCC7)C6)nc5c3F)COC4)c2c1C#N. The number of carbonyl (C=O) groups is 1. The highest BCUT2D eigenvalue weighted by Crippen LogP contribution is 2.46. The molecule has 4 aromatic rings. The van der Waals surface area contributed by atoms with Crippen LogP contribution < -0.4 is 10.2 Å². The van der Waals surface area contributed by atoms with E-state index >= 15 is 8.78 Å². The third-order valence-electron chi connectivity index (χ3n) is 8.53. The summed E-state index contributed by atoms with van der Waals surface area (Å²) in [4.78, 5) is 30.7. The second kappa shape index (κ2) is 10.3. The molecule has 0 spiro atoms. The van der Waals surface area contributed by atoms with Crippen molar-refractivity contribution in [2.75, 3.05) is 36.4 Å². The van der Waals surface area contributed by atoms with E-state index in [9.17, 15) is 10.1 Å². The molecule has 10 nitrogen and oxygen atoms in total. The van der Waals surface area contributed by atoms with Crippen LogP contribution in [-0.2, 0) is 22.7 Å². The van der Waals surface area contributed by atoms with Crippen LogP contribution in [0.2, 0.25) is 0 Å². The average molecular weight is 620 g/mol. The number of anilines is 2. The van der Waals surface area contributed by atoms with Gasteiger partial charge in [0.2, 0.25) is 5.95 Å². The molecule has 13 heteroatoms. The molecule has 3 aromatic heterocycles. The van der Waals surface area contributed by atoms with E-state index in [0.717, 1.165) is 49.3 Å². The zero-order valence-corrected chi connectivity index (χ0v) is 25.7. The number of pyridine rings is 1. The number of hydrogen-bond donors (Lipinski definition) is 1. The van der Waals surface area contributed by atoms with Crippen molar-refractivity contribution in [3.05, 3.63) is 40.7 Å². The van der Waals surface area contributed by atoms with Crippen molar-refractivity contribution < 1.29 is 23.0 Å². The molecule has 0 saturated carbocycles. The fourth-order valence-electron chi connectivity index (χ4n) is 6.53. The van der Waals surface area contributed by atoms with Crippen LogP contribution in [0, 0.1) is 23.0 Å². The molecule has 0 unspecified atom stereocenters. The summed E-state index contributed by atoms with van der Waals surface area (Å²) < 4.78 is 43.1. The minimum absolute atomic E-state index is 0.0322. The summed E-state index contributed by atoms with van der Waals surface area (Å²) in [7, 11) is 0. The molecule has 0 aliphatic carbocycles. The molecule has 2 saturated heterocycles. The van der Waals surface area contributed by atoms with Gasteiger partial charge in [-0.05, 0) is 64.8 Å². The standard InChI is InChI=1S/C31H31F2N7O3S/c1-30(2,3)43-29(41)38-27-16(9-34)22-25(35-11-20(32)26(22)44-27)21-19-13-42-12-18(19)17-10-36-28(37-24(17)23(21)33)39-14-31(4,15-39)40-7-5-6-8-40/h10-11H,5-8,12-15H2,1-4H3,(H,38,41). The maximum Gasteiger partial charge on any atom is 0.412 e. The van der Waals surface area contributed by atoms with E-state index in [1.807, 2.05) is 0 Å². The third kappa shape index (κ3) is 4.63. The predicted octanol–water partition coefficient (Wildman–Crippen LogP) is 6.11. The smallest absolute Gasteiger partial charge is 0.412 e. The van der Waals surface area contributed by atoms with Gasteiger partial charge in [-0.1, -0.05) is 0 Å². The third-order valence-corrected chi connectivity index (χ3v) is 9.65. The van der Waals surface area contributed by atoms with Gasteiger partial charge in [0.1, 0.15) is 22.2 Å². The minimum Gasteiger partial charge on any atom is -0.444 e. The molecule has 228 valence electrons. The highest BCUT2D eigenvalue weighted by molar-refractivity contribution is 7.23. The van der Waals surface area contributed by atoms with Crippen molar-refractivity contribution in [3.63, 3.8) is 0 Å². The van der Waals surface area contributed by atoms with Crippen molar-refractivity contribution >= 4 is 49.4 Å². The number of carbonyl (C=O) groups excluding carboxylic acids is 1. The van der Waals surface area contributed by atoms with Crippen LogP contribution in [-0.4, -0.2) is 63.3 Å². The van der Waals surface area contributed by atoms with Gasteiger partial charge in [-0.3, -0.25) is 15.2 Å². The Labute approximate surface area is 256 Å². The summed E-state index contributed by atoms with van der Waals surface area (Å²) >= 11 is 0.869. The number of nitrogens with zero attached hydrogens (tertiary/aromatic N) is 6. The van der Waals surface area contributed by atoms with Crippen molar-refractivity contribution in [2.24, 2.45) is 0 Å². The molecule has 1 N–H and O–H groups in total. The topological polar surface area (TPSA) is 116 Å². The van der Waals surface area contributed by atoms with Gasteiger partial charge in [-0.25, -0.2) is 23.5 Å². The number of nitriles is 1. The van der Waals surface area contributed by atoms with Crippen LogP contribution in [0.15, 0.2) is 12.4 Å². The Balaban J connectivity index is 1.34. The first-order valence-electron chi connectivity index (χ1n) is 14.6. The first-order chi connectivity index (χ1) is 21.0. The molecule has 44 heavy (non-hydrogen) atoms. The number of halogens is 2. The first-order valence-corrected chi connectivity index (χ1v) is 15.4. The lowest BCUT2D eigenvalue weighted by Gasteiger charge is -2.53. The summed E-state index contributed by atoms with van der Waals surface area (Å²) in [5.41, 5.74) is 0.790. The van der Waals surface area contributed by atoms with Crippen LogP contribution in [0.1, 0.15) is 57.2 Å². The van der Waals surface area contributed by atoms with Crippen LogP contribution in [0.3, 0.4) is 0 Å². The van der Waals surface area contributed by atoms with Gasteiger partial charge < -0.3 is 14.4 Å². The number of rotatable bonds is 4. The highest BCUT2D eigenvalue weighted by Gasteiger charge is 2.45. The lowest BCUT2D eigenvalue weighted by Crippen LogP contribution is -2.68. The van der Waals surface area contributed by atoms with E-state index in [1.54, 1.807) is 27.0 Å². The molecule has 2 fully saturated rings. The number of fused-ring (bicyclic) bond motifs is 4. The molecule has 1 aromatic carbocycles. The number of benzene rings is 1. The number of likely N-dealkylation sites (tertiary alicyclic amines) is 1. The Morgan fingerprint density at radius 1 is 1.16 bits per heavy atom. The van der Waals surface area contributed by atoms with Crippen LogP contribution in [0.5, 0.6) is 0 Å². The van der Waals surface area contributed by atoms with Gasteiger partial charge in [0.15, 0.2) is 11.6 Å². The van der Waals surface area contributed by atoms with E-state index in [4.69, 9.17) is 14.5 Å². The van der Waals surface area contributed by atoms with Gasteiger partial charge in [0, 0.05) is 35.6 Å². The predicted molar refractivity (Wildman–Crippen MR) is 163 cm³/mol. The van der Waals surface area contributed by atoms with Crippen molar-refractivity contribution in [1.29, 1.82) is 5.26 Å². The van der Waals surface area contributed by atoms with E-state index < -0.39 is 23.3 Å². The van der Waals surface area contributed by atoms with E-state index in [2.05, 4.69) is 38.1 Å². The summed E-state index contributed by atoms with van der Waals surface area (Å²) in [6, 6.07) is 2.06. The maximum atomic E-state index is 16.8. The lowest BCUT2D eigenvalue weighted by molar-refractivity contribution is 0.0636. The van der Waals surface area contributed by atoms with Gasteiger partial charge in [-0.15, -0.1) is 11.3 Å². The Bertz CT molecular complexity index is 1890. The molecular weight excluding hydrogens is 588 g/mol. The molecule has 3 aliphatic rings. The second-order valence-corrected chi connectivity index (χ2v) is 13.8. The fraction of sp³-hybridized carbons (Fsp3) is 0.452. The second-order valence-electron chi connectivity index (χ2n) is 12.8. The Hall–Kier alpha value is -3.99. The number of aromatic nitrogens is 3. The Kier molecular flexibility index (Phi) is 6.73. The van der Waals surface area contributed by atoms with Gasteiger partial charge in [0.05, 0.1) is 40.9 Å². The summed E-state index contributed by atoms with van der Waals surface area (Å²) in [6.45, 7) is 11.3. The molecule has 7 rings (SSSR count). The maximum absolute atomic E-state index is 16.8. The molecule has 0 atom stereocenters. The lowest BCUT2D eigenvalue weighted by atomic mass is 9.90. The van der Waals surface area contributed by atoms with Gasteiger partial charge in [0.25, 0.3) is 0 Å². The molecule has 6 heterocycles. The molecule has 1 amide bonds. The number of thiophene rings is 1. The van der Waals surface area contributed by atoms with Crippen molar-refractivity contribution in [3.8, 4) is 17.3 Å². The van der Waals surface area contributed by atoms with E-state index in [-0.39, 0.29) is 56.2 Å². The average Bonchev–Trinajstić information content (AvgIpc) is 3.72. The fourth-order valence-corrected chi connectivity index (χ4v) is 7.57. The summed E-state index contributed by atoms with van der Waals surface area (Å²) in [6.07, 6.45) is 4.25. The number of amides is 1. The molecule has 0 bridgehead atoms. The van der Waals surface area contributed by atoms with Crippen LogP contribution >= 0.6 is 11.3 Å². The first kappa shape index (κ1) is 28.8. The Morgan fingerprint density at radius 3 is 2.59 bits per heavy atom. The normalized spacial score (nSPS) is 18.0. The zero-order chi connectivity index (χ0) is 31.0. The summed E-state index contributed by atoms with van der Waals surface area (Å²) in [5.74, 6) is -0.903. The molecule has 3 aliphatic heterocycles.